The van der Waals surface area contributed by atoms with Crippen LogP contribution in [0.1, 0.15) is 6.92 Å². The third kappa shape index (κ3) is 3.52. The Morgan fingerprint density at radius 1 is 1.62 bits per heavy atom. The highest BCUT2D eigenvalue weighted by atomic mass is 16.2. The highest BCUT2D eigenvalue weighted by Gasteiger charge is 1.89. The van der Waals surface area contributed by atoms with Gasteiger partial charge in [0.25, 0.3) is 0 Å². The summed E-state index contributed by atoms with van der Waals surface area (Å²) < 4.78 is 0. The zero-order chi connectivity index (χ0) is 6.41. The molecule has 0 aromatic rings. The van der Waals surface area contributed by atoms with Crippen molar-refractivity contribution >= 4 is 13.9 Å². The average Bonchev–Trinajstić information content (AvgIpc) is 1.68. The Morgan fingerprint density at radius 3 is 2.62 bits per heavy atom. The SMILES string of the molecule is BCNC(=O)NCC. The van der Waals surface area contributed by atoms with Gasteiger partial charge in [0.2, 0.25) is 0 Å². The molecule has 0 bridgehead atoms. The van der Waals surface area contributed by atoms with Gasteiger partial charge in [-0.15, -0.1) is 0 Å². The maximum absolute atomic E-state index is 10.4. The van der Waals surface area contributed by atoms with E-state index in [9.17, 15) is 4.79 Å². The molecule has 0 aromatic carbocycles. The molecule has 46 valence electrons. The summed E-state index contributed by atoms with van der Waals surface area (Å²) in [4.78, 5) is 10.4. The van der Waals surface area contributed by atoms with Gasteiger partial charge in [-0.2, -0.15) is 0 Å². The van der Waals surface area contributed by atoms with Gasteiger partial charge in [0.1, 0.15) is 7.85 Å². The molecule has 4 heteroatoms. The largest absolute Gasteiger partial charge is 0.346 e. The first-order valence-corrected chi connectivity index (χ1v) is 2.83. The van der Waals surface area contributed by atoms with Crippen molar-refractivity contribution in [2.24, 2.45) is 0 Å². The average molecular weight is 114 g/mol. The highest BCUT2D eigenvalue weighted by Crippen LogP contribution is 1.58. The molecule has 0 spiro atoms. The van der Waals surface area contributed by atoms with Crippen molar-refractivity contribution in [1.82, 2.24) is 10.6 Å². The van der Waals surface area contributed by atoms with Crippen molar-refractivity contribution in [3.8, 4) is 0 Å². The number of nitrogens with one attached hydrogen (secondary N) is 2. The lowest BCUT2D eigenvalue weighted by Gasteiger charge is -1.99. The Kier molecular flexibility index (Phi) is 4.12. The van der Waals surface area contributed by atoms with Gasteiger partial charge >= 0.3 is 6.03 Å². The number of amides is 2. The second-order valence-corrected chi connectivity index (χ2v) is 1.39. The van der Waals surface area contributed by atoms with Gasteiger partial charge < -0.3 is 10.6 Å². The smallest absolute Gasteiger partial charge is 0.314 e. The van der Waals surface area contributed by atoms with E-state index in [0.29, 0.717) is 13.0 Å². The first kappa shape index (κ1) is 7.33. The molecule has 0 aliphatic rings. The Balaban J connectivity index is 3.06. The minimum Gasteiger partial charge on any atom is -0.346 e. The van der Waals surface area contributed by atoms with E-state index in [1.807, 2.05) is 14.8 Å². The van der Waals surface area contributed by atoms with Crippen molar-refractivity contribution in [2.45, 2.75) is 6.92 Å². The Bertz CT molecular complexity index is 68.4. The predicted octanol–water partition coefficient (Wildman–Crippen LogP) is -1.10. The van der Waals surface area contributed by atoms with Gasteiger partial charge in [0, 0.05) is 6.54 Å². The summed E-state index contributed by atoms with van der Waals surface area (Å²) in [6.07, 6.45) is 0.686. The first-order chi connectivity index (χ1) is 3.81. The molecule has 0 heterocycles. The summed E-state index contributed by atoms with van der Waals surface area (Å²) in [5.74, 6) is 0. The minimum atomic E-state index is -0.0880. The lowest BCUT2D eigenvalue weighted by Crippen LogP contribution is -2.35. The highest BCUT2D eigenvalue weighted by molar-refractivity contribution is 6.09. The summed E-state index contributed by atoms with van der Waals surface area (Å²) in [5, 5.41) is 5.19. The maximum Gasteiger partial charge on any atom is 0.314 e. The molecule has 0 aliphatic heterocycles. The summed E-state index contributed by atoms with van der Waals surface area (Å²) in [6.45, 7) is 2.57. The molecule has 0 atom stereocenters. The zero-order valence-corrected chi connectivity index (χ0v) is 5.32. The predicted molar refractivity (Wildman–Crippen MR) is 35.6 cm³/mol. The fraction of sp³-hybridized carbons (Fsp3) is 0.750. The van der Waals surface area contributed by atoms with E-state index in [4.69, 9.17) is 0 Å². The van der Waals surface area contributed by atoms with Crippen LogP contribution in [0.15, 0.2) is 0 Å². The Hall–Kier alpha value is -0.665. The molecule has 2 N–H and O–H groups in total. The van der Waals surface area contributed by atoms with Crippen molar-refractivity contribution < 1.29 is 4.79 Å². The van der Waals surface area contributed by atoms with E-state index < -0.39 is 0 Å². The fourth-order valence-electron chi connectivity index (χ4n) is 0.384. The third-order valence-electron chi connectivity index (χ3n) is 0.675. The van der Waals surface area contributed by atoms with Gasteiger partial charge in [-0.25, -0.2) is 4.79 Å². The molecule has 0 saturated carbocycles. The van der Waals surface area contributed by atoms with Crippen molar-refractivity contribution in [1.29, 1.82) is 0 Å². The van der Waals surface area contributed by atoms with Gasteiger partial charge in [-0.1, -0.05) is 0 Å². The standard InChI is InChI=1S/C4H11BN2O/c1-2-6-4(8)7-3-5/h2-3,5H2,1H3,(H2,6,7,8). The van der Waals surface area contributed by atoms with E-state index >= 15 is 0 Å². The van der Waals surface area contributed by atoms with Crippen molar-refractivity contribution in [3.05, 3.63) is 0 Å². The monoisotopic (exact) mass is 114 g/mol. The molecular formula is C4H11BN2O. The first-order valence-electron chi connectivity index (χ1n) is 2.83. The number of carbonyl (C=O) groups excluding carboxylic acids is 1. The molecule has 0 unspecified atom stereocenters. The van der Waals surface area contributed by atoms with E-state index in [2.05, 4.69) is 10.6 Å². The molecule has 0 saturated heterocycles. The van der Waals surface area contributed by atoms with Crippen LogP contribution in [-0.2, 0) is 0 Å². The van der Waals surface area contributed by atoms with Crippen LogP contribution in [0.25, 0.3) is 0 Å². The second kappa shape index (κ2) is 4.49. The van der Waals surface area contributed by atoms with Gasteiger partial charge in [-0.3, -0.25) is 0 Å². The molecular weight excluding hydrogens is 103 g/mol. The van der Waals surface area contributed by atoms with E-state index in [1.165, 1.54) is 0 Å². The van der Waals surface area contributed by atoms with Gasteiger partial charge in [0.15, 0.2) is 0 Å². The van der Waals surface area contributed by atoms with Gasteiger partial charge in [-0.05, 0) is 13.4 Å². The quantitative estimate of drug-likeness (QED) is 0.439. The molecule has 2 amide bonds. The molecule has 0 aliphatic carbocycles. The Labute approximate surface area is 50.2 Å². The van der Waals surface area contributed by atoms with Crippen LogP contribution in [-0.4, -0.2) is 26.9 Å². The number of urea groups is 1. The van der Waals surface area contributed by atoms with Crippen LogP contribution in [0.3, 0.4) is 0 Å². The summed E-state index contributed by atoms with van der Waals surface area (Å²) in [7, 11) is 1.88. The fourth-order valence-corrected chi connectivity index (χ4v) is 0.384. The molecule has 3 nitrogen and oxygen atoms in total. The summed E-state index contributed by atoms with van der Waals surface area (Å²) in [6, 6.07) is -0.0880. The van der Waals surface area contributed by atoms with Crippen molar-refractivity contribution in [2.75, 3.05) is 13.0 Å². The molecule has 0 fully saturated rings. The topological polar surface area (TPSA) is 41.1 Å². The lowest BCUT2D eigenvalue weighted by atomic mass is 10.2. The summed E-state index contributed by atoms with van der Waals surface area (Å²) >= 11 is 0. The minimum absolute atomic E-state index is 0.0880. The number of hydrogen-bond acceptors (Lipinski definition) is 1. The van der Waals surface area contributed by atoms with Crippen LogP contribution in [0.2, 0.25) is 0 Å². The van der Waals surface area contributed by atoms with Gasteiger partial charge in [0.05, 0.1) is 0 Å². The maximum atomic E-state index is 10.4. The van der Waals surface area contributed by atoms with Crippen LogP contribution >= 0.6 is 0 Å². The molecule has 8 heavy (non-hydrogen) atoms. The number of hydrogen-bond donors (Lipinski definition) is 2. The van der Waals surface area contributed by atoms with E-state index in [1.54, 1.807) is 0 Å². The molecule has 0 radical (unpaired) electrons. The molecule has 0 aromatic heterocycles. The van der Waals surface area contributed by atoms with Crippen LogP contribution in [0.5, 0.6) is 0 Å². The Morgan fingerprint density at radius 2 is 2.25 bits per heavy atom. The second-order valence-electron chi connectivity index (χ2n) is 1.39. The van der Waals surface area contributed by atoms with E-state index in [-0.39, 0.29) is 6.03 Å². The summed E-state index contributed by atoms with van der Waals surface area (Å²) in [5.41, 5.74) is 0. The van der Waals surface area contributed by atoms with Crippen LogP contribution < -0.4 is 10.6 Å². The van der Waals surface area contributed by atoms with Crippen LogP contribution in [0, 0.1) is 0 Å². The number of carbonyl (C=O) groups is 1. The number of rotatable bonds is 2. The lowest BCUT2D eigenvalue weighted by molar-refractivity contribution is 0.243. The zero-order valence-electron chi connectivity index (χ0n) is 5.32. The third-order valence-corrected chi connectivity index (χ3v) is 0.675. The normalized spacial score (nSPS) is 8.12. The van der Waals surface area contributed by atoms with Crippen LogP contribution in [0.4, 0.5) is 4.79 Å². The molecule has 0 rings (SSSR count). The van der Waals surface area contributed by atoms with E-state index in [0.717, 1.165) is 0 Å². The van der Waals surface area contributed by atoms with Crippen molar-refractivity contribution in [3.63, 3.8) is 0 Å².